The Bertz CT molecular complexity index is 846. The zero-order chi connectivity index (χ0) is 17.8. The molecule has 7 heteroatoms. The summed E-state index contributed by atoms with van der Waals surface area (Å²) in [6.07, 6.45) is -0.175. The van der Waals surface area contributed by atoms with Crippen LogP contribution in [0.15, 0.2) is 48.5 Å². The van der Waals surface area contributed by atoms with Crippen LogP contribution >= 0.6 is 23.2 Å². The van der Waals surface area contributed by atoms with Gasteiger partial charge in [-0.3, -0.25) is 9.69 Å². The van der Waals surface area contributed by atoms with E-state index in [4.69, 9.17) is 23.2 Å². The number of carbonyl (C=O) groups excluding carboxylic acids is 2. The molecule has 1 saturated heterocycles. The monoisotopic (exact) mass is 376 g/mol. The maximum Gasteiger partial charge on any atom is 0.336 e. The summed E-state index contributed by atoms with van der Waals surface area (Å²) < 4.78 is 0. The Morgan fingerprint density at radius 1 is 0.880 bits per heavy atom. The lowest BCUT2D eigenvalue weighted by Gasteiger charge is -2.45. The highest BCUT2D eigenvalue weighted by molar-refractivity contribution is 6.33. The number of aliphatic hydroxyl groups is 1. The van der Waals surface area contributed by atoms with Crippen molar-refractivity contribution in [3.63, 3.8) is 0 Å². The fourth-order valence-electron chi connectivity index (χ4n) is 3.52. The van der Waals surface area contributed by atoms with Gasteiger partial charge in [0.15, 0.2) is 0 Å². The Morgan fingerprint density at radius 2 is 1.36 bits per heavy atom. The fourth-order valence-corrected chi connectivity index (χ4v) is 3.77. The van der Waals surface area contributed by atoms with Gasteiger partial charge in [0.25, 0.3) is 5.91 Å². The lowest BCUT2D eigenvalue weighted by atomic mass is 9.73. The van der Waals surface area contributed by atoms with Gasteiger partial charge in [0.05, 0.1) is 11.8 Å². The van der Waals surface area contributed by atoms with E-state index >= 15 is 0 Å². The average molecular weight is 377 g/mol. The van der Waals surface area contributed by atoms with Gasteiger partial charge in [-0.15, -0.1) is 0 Å². The first-order valence-corrected chi connectivity index (χ1v) is 8.56. The number of carbonyl (C=O) groups is 2. The largest absolute Gasteiger partial charge is 0.393 e. The minimum Gasteiger partial charge on any atom is -0.393 e. The van der Waals surface area contributed by atoms with E-state index in [2.05, 4.69) is 0 Å². The molecular formula is C18H14Cl2N2O3. The number of amides is 3. The molecule has 0 atom stereocenters. The summed E-state index contributed by atoms with van der Waals surface area (Å²) in [5, 5.41) is 10.9. The van der Waals surface area contributed by atoms with E-state index in [0.29, 0.717) is 21.4 Å². The number of rotatable bonds is 2. The van der Waals surface area contributed by atoms with Gasteiger partial charge in [-0.2, -0.15) is 0 Å². The highest BCUT2D eigenvalue weighted by atomic mass is 35.5. The second-order valence-corrected chi connectivity index (χ2v) is 7.18. The summed E-state index contributed by atoms with van der Waals surface area (Å²) in [6, 6.07) is 12.8. The van der Waals surface area contributed by atoms with E-state index in [9.17, 15) is 14.7 Å². The molecule has 1 aliphatic carbocycles. The smallest absolute Gasteiger partial charge is 0.336 e. The van der Waals surface area contributed by atoms with Gasteiger partial charge in [-0.1, -0.05) is 23.2 Å². The molecule has 1 heterocycles. The number of anilines is 2. The molecule has 1 aliphatic heterocycles. The minimum atomic E-state index is -1.05. The standard InChI is InChI=1S/C18H14Cl2N2O3/c19-11-1-5-13(6-2-11)21-16(24)18(9-15(23)10-18)22(17(21)25)14-7-3-12(20)4-8-14/h1-8,15,23H,9-10H2. The molecule has 0 aromatic heterocycles. The summed E-state index contributed by atoms with van der Waals surface area (Å²) in [5.41, 5.74) is -0.0213. The number of imide groups is 1. The van der Waals surface area contributed by atoms with Crippen LogP contribution in [0.2, 0.25) is 10.0 Å². The van der Waals surface area contributed by atoms with Crippen molar-refractivity contribution in [2.75, 3.05) is 9.80 Å². The molecule has 5 nitrogen and oxygen atoms in total. The Hall–Kier alpha value is -2.08. The van der Waals surface area contributed by atoms with Crippen LogP contribution in [0.5, 0.6) is 0 Å². The predicted octanol–water partition coefficient (Wildman–Crippen LogP) is 3.86. The topological polar surface area (TPSA) is 60.9 Å². The first kappa shape index (κ1) is 16.4. The number of hydrogen-bond acceptors (Lipinski definition) is 3. The van der Waals surface area contributed by atoms with Crippen molar-refractivity contribution in [1.82, 2.24) is 0 Å². The van der Waals surface area contributed by atoms with Gasteiger partial charge in [-0.25, -0.2) is 9.69 Å². The first-order valence-electron chi connectivity index (χ1n) is 7.80. The summed E-state index contributed by atoms with van der Waals surface area (Å²) in [4.78, 5) is 28.8. The molecule has 1 spiro atoms. The van der Waals surface area contributed by atoms with Crippen LogP contribution in [0.3, 0.4) is 0 Å². The lowest BCUT2D eigenvalue weighted by Crippen LogP contribution is -2.61. The molecule has 2 aliphatic rings. The Labute approximate surface area is 154 Å². The summed E-state index contributed by atoms with van der Waals surface area (Å²) in [7, 11) is 0. The molecule has 2 fully saturated rings. The van der Waals surface area contributed by atoms with E-state index in [1.165, 1.54) is 4.90 Å². The molecule has 0 unspecified atom stereocenters. The quantitative estimate of drug-likeness (QED) is 0.809. The van der Waals surface area contributed by atoms with E-state index < -0.39 is 17.7 Å². The van der Waals surface area contributed by atoms with Crippen LogP contribution in [0.1, 0.15) is 12.8 Å². The third kappa shape index (κ3) is 2.42. The molecule has 25 heavy (non-hydrogen) atoms. The normalized spacial score (nSPS) is 25.6. The average Bonchev–Trinajstić information content (AvgIpc) is 2.78. The highest BCUT2D eigenvalue weighted by Crippen LogP contribution is 2.47. The van der Waals surface area contributed by atoms with Crippen LogP contribution in [0.4, 0.5) is 16.2 Å². The number of halogens is 2. The SMILES string of the molecule is O=C1N(c2ccc(Cl)cc2)C(=O)C2(CC(O)C2)N1c1ccc(Cl)cc1. The number of benzene rings is 2. The van der Waals surface area contributed by atoms with E-state index in [1.807, 2.05) is 0 Å². The second-order valence-electron chi connectivity index (χ2n) is 6.31. The van der Waals surface area contributed by atoms with Crippen LogP contribution in [0, 0.1) is 0 Å². The maximum absolute atomic E-state index is 13.1. The molecule has 4 rings (SSSR count). The molecule has 128 valence electrons. The molecule has 2 aromatic carbocycles. The van der Waals surface area contributed by atoms with Crippen LogP contribution in [-0.2, 0) is 4.79 Å². The van der Waals surface area contributed by atoms with Crippen molar-refractivity contribution in [2.45, 2.75) is 24.5 Å². The van der Waals surface area contributed by atoms with Crippen LogP contribution < -0.4 is 9.80 Å². The molecule has 2 aromatic rings. The number of nitrogens with zero attached hydrogens (tertiary/aromatic N) is 2. The Balaban J connectivity index is 1.80. The zero-order valence-corrected chi connectivity index (χ0v) is 14.5. The Morgan fingerprint density at radius 3 is 1.84 bits per heavy atom. The van der Waals surface area contributed by atoms with Crippen molar-refractivity contribution in [2.24, 2.45) is 0 Å². The first-order chi connectivity index (χ1) is 11.9. The van der Waals surface area contributed by atoms with Gasteiger partial charge in [0.2, 0.25) is 0 Å². The third-order valence-electron chi connectivity index (χ3n) is 4.73. The van der Waals surface area contributed by atoms with Gasteiger partial charge in [0, 0.05) is 28.6 Å². The van der Waals surface area contributed by atoms with Gasteiger partial charge in [-0.05, 0) is 48.5 Å². The van der Waals surface area contributed by atoms with E-state index in [0.717, 1.165) is 4.90 Å². The summed E-state index contributed by atoms with van der Waals surface area (Å²) >= 11 is 11.8. The van der Waals surface area contributed by atoms with E-state index in [-0.39, 0.29) is 18.7 Å². The van der Waals surface area contributed by atoms with Crippen molar-refractivity contribution in [3.8, 4) is 0 Å². The zero-order valence-electron chi connectivity index (χ0n) is 13.0. The van der Waals surface area contributed by atoms with Gasteiger partial charge in [0.1, 0.15) is 5.54 Å². The lowest BCUT2D eigenvalue weighted by molar-refractivity contribution is -0.128. The number of urea groups is 1. The van der Waals surface area contributed by atoms with Crippen molar-refractivity contribution < 1.29 is 14.7 Å². The molecule has 0 radical (unpaired) electrons. The maximum atomic E-state index is 13.1. The van der Waals surface area contributed by atoms with Crippen molar-refractivity contribution >= 4 is 46.5 Å². The van der Waals surface area contributed by atoms with Crippen LogP contribution in [-0.4, -0.2) is 28.7 Å². The Kier molecular flexibility index (Phi) is 3.76. The van der Waals surface area contributed by atoms with E-state index in [1.54, 1.807) is 48.5 Å². The fraction of sp³-hybridized carbons (Fsp3) is 0.222. The second kappa shape index (κ2) is 5.73. The highest BCUT2D eigenvalue weighted by Gasteiger charge is 2.64. The number of hydrogen-bond donors (Lipinski definition) is 1. The molecule has 3 amide bonds. The predicted molar refractivity (Wildman–Crippen MR) is 96.2 cm³/mol. The third-order valence-corrected chi connectivity index (χ3v) is 5.23. The summed E-state index contributed by atoms with van der Waals surface area (Å²) in [6.45, 7) is 0. The number of aliphatic hydroxyl groups excluding tert-OH is 1. The van der Waals surface area contributed by atoms with Crippen molar-refractivity contribution in [1.29, 1.82) is 0 Å². The minimum absolute atomic E-state index is 0.213. The van der Waals surface area contributed by atoms with Gasteiger partial charge >= 0.3 is 6.03 Å². The van der Waals surface area contributed by atoms with Crippen LogP contribution in [0.25, 0.3) is 0 Å². The molecular weight excluding hydrogens is 363 g/mol. The molecule has 0 bridgehead atoms. The van der Waals surface area contributed by atoms with Crippen molar-refractivity contribution in [3.05, 3.63) is 58.6 Å². The summed E-state index contributed by atoms with van der Waals surface area (Å²) in [5.74, 6) is -0.333. The van der Waals surface area contributed by atoms with Gasteiger partial charge < -0.3 is 5.11 Å². The molecule has 1 N–H and O–H groups in total. The molecule has 1 saturated carbocycles.